The van der Waals surface area contributed by atoms with Crippen LogP contribution < -0.4 is 10.2 Å². The molecule has 0 aliphatic carbocycles. The van der Waals surface area contributed by atoms with Crippen molar-refractivity contribution in [3.63, 3.8) is 0 Å². The number of rotatable bonds is 6. The molecule has 0 amide bonds. The molecule has 4 heteroatoms. The van der Waals surface area contributed by atoms with Crippen LogP contribution >= 0.6 is 11.6 Å². The van der Waals surface area contributed by atoms with E-state index in [0.29, 0.717) is 0 Å². The van der Waals surface area contributed by atoms with E-state index >= 15 is 0 Å². The molecule has 24 heavy (non-hydrogen) atoms. The Bertz CT molecular complexity index is 637. The maximum absolute atomic E-state index is 6.52. The van der Waals surface area contributed by atoms with Gasteiger partial charge >= 0.3 is 0 Å². The monoisotopic (exact) mass is 343 g/mol. The van der Waals surface area contributed by atoms with E-state index in [1.807, 2.05) is 0 Å². The molecule has 0 radical (unpaired) electrons. The van der Waals surface area contributed by atoms with Crippen LogP contribution in [0.4, 0.5) is 5.69 Å². The van der Waals surface area contributed by atoms with Crippen molar-refractivity contribution in [1.29, 1.82) is 0 Å². The first-order valence-corrected chi connectivity index (χ1v) is 9.14. The number of nitrogens with zero attached hydrogens (tertiary/aromatic N) is 2. The molecule has 2 aromatic rings. The fourth-order valence-electron chi connectivity index (χ4n) is 3.17. The summed E-state index contributed by atoms with van der Waals surface area (Å²) in [6, 6.07) is 17.1. The summed E-state index contributed by atoms with van der Waals surface area (Å²) in [6.07, 6.45) is 0. The second kappa shape index (κ2) is 8.52. The highest BCUT2D eigenvalue weighted by molar-refractivity contribution is 6.33. The summed E-state index contributed by atoms with van der Waals surface area (Å²) in [7, 11) is 0. The Labute approximate surface area is 150 Å². The van der Waals surface area contributed by atoms with Gasteiger partial charge in [-0.2, -0.15) is 0 Å². The zero-order valence-corrected chi connectivity index (χ0v) is 15.1. The van der Waals surface area contributed by atoms with Crippen molar-refractivity contribution in [1.82, 2.24) is 10.2 Å². The van der Waals surface area contributed by atoms with Crippen LogP contribution in [0.2, 0.25) is 5.02 Å². The molecule has 1 saturated heterocycles. The van der Waals surface area contributed by atoms with Crippen LogP contribution in [-0.2, 0) is 13.1 Å². The van der Waals surface area contributed by atoms with Crippen LogP contribution in [0.1, 0.15) is 18.1 Å². The van der Waals surface area contributed by atoms with Crippen molar-refractivity contribution in [2.45, 2.75) is 20.0 Å². The van der Waals surface area contributed by atoms with Gasteiger partial charge in [0, 0.05) is 39.3 Å². The van der Waals surface area contributed by atoms with Crippen molar-refractivity contribution < 1.29 is 0 Å². The first kappa shape index (κ1) is 17.3. The highest BCUT2D eigenvalue weighted by Crippen LogP contribution is 2.28. The van der Waals surface area contributed by atoms with Crippen LogP contribution in [0.25, 0.3) is 0 Å². The van der Waals surface area contributed by atoms with E-state index < -0.39 is 0 Å². The lowest BCUT2D eigenvalue weighted by Gasteiger charge is -2.36. The third kappa shape index (κ3) is 4.50. The Morgan fingerprint density at radius 2 is 1.71 bits per heavy atom. The van der Waals surface area contributed by atoms with Crippen LogP contribution in [-0.4, -0.2) is 37.6 Å². The summed E-state index contributed by atoms with van der Waals surface area (Å²) < 4.78 is 0. The van der Waals surface area contributed by atoms with E-state index in [0.717, 1.165) is 56.5 Å². The Morgan fingerprint density at radius 1 is 0.958 bits per heavy atom. The van der Waals surface area contributed by atoms with Gasteiger partial charge in [0.25, 0.3) is 0 Å². The van der Waals surface area contributed by atoms with Crippen LogP contribution in [0.5, 0.6) is 0 Å². The topological polar surface area (TPSA) is 18.5 Å². The molecular formula is C20H26ClN3. The smallest absolute Gasteiger partial charge is 0.0642 e. The number of hydrogen-bond donors (Lipinski definition) is 1. The zero-order chi connectivity index (χ0) is 16.8. The Hall–Kier alpha value is -1.55. The molecule has 1 aliphatic heterocycles. The number of nitrogens with one attached hydrogen (secondary N) is 1. The molecule has 0 atom stereocenters. The van der Waals surface area contributed by atoms with Crippen LogP contribution in [0.3, 0.4) is 0 Å². The first-order chi connectivity index (χ1) is 11.8. The molecule has 3 nitrogen and oxygen atoms in total. The fourth-order valence-corrected chi connectivity index (χ4v) is 3.50. The van der Waals surface area contributed by atoms with Crippen molar-refractivity contribution >= 4 is 17.3 Å². The normalized spacial score (nSPS) is 15.7. The molecule has 0 unspecified atom stereocenters. The molecule has 0 saturated carbocycles. The number of piperazine rings is 1. The summed E-state index contributed by atoms with van der Waals surface area (Å²) in [5.41, 5.74) is 3.79. The lowest BCUT2D eigenvalue weighted by atomic mass is 10.1. The molecule has 1 heterocycles. The van der Waals surface area contributed by atoms with E-state index in [1.165, 1.54) is 11.1 Å². The molecule has 3 rings (SSSR count). The van der Waals surface area contributed by atoms with Crippen molar-refractivity contribution in [3.05, 3.63) is 64.7 Å². The average Bonchev–Trinajstić information content (AvgIpc) is 2.62. The highest BCUT2D eigenvalue weighted by Gasteiger charge is 2.19. The molecule has 1 fully saturated rings. The minimum Gasteiger partial charge on any atom is -0.368 e. The van der Waals surface area contributed by atoms with Gasteiger partial charge in [0.2, 0.25) is 0 Å². The second-order valence-electron chi connectivity index (χ2n) is 6.31. The van der Waals surface area contributed by atoms with Gasteiger partial charge in [0.1, 0.15) is 0 Å². The van der Waals surface area contributed by atoms with Crippen LogP contribution in [0.15, 0.2) is 48.5 Å². The summed E-state index contributed by atoms with van der Waals surface area (Å²) in [5.74, 6) is 0. The summed E-state index contributed by atoms with van der Waals surface area (Å²) in [4.78, 5) is 4.92. The van der Waals surface area contributed by atoms with Crippen molar-refractivity contribution in [2.24, 2.45) is 0 Å². The Kier molecular flexibility index (Phi) is 6.13. The predicted octanol–water partition coefficient (Wildman–Crippen LogP) is 3.77. The molecule has 2 aromatic carbocycles. The molecule has 1 aliphatic rings. The third-order valence-corrected chi connectivity index (χ3v) is 4.86. The molecule has 128 valence electrons. The Balaban J connectivity index is 1.56. The van der Waals surface area contributed by atoms with Gasteiger partial charge in [-0.3, -0.25) is 4.90 Å². The van der Waals surface area contributed by atoms with Gasteiger partial charge in [-0.15, -0.1) is 0 Å². The zero-order valence-electron chi connectivity index (χ0n) is 14.3. The average molecular weight is 344 g/mol. The third-order valence-electron chi connectivity index (χ3n) is 4.55. The summed E-state index contributed by atoms with van der Waals surface area (Å²) in [6.45, 7) is 9.20. The van der Waals surface area contributed by atoms with Gasteiger partial charge < -0.3 is 10.2 Å². The van der Waals surface area contributed by atoms with E-state index in [1.54, 1.807) is 0 Å². The summed E-state index contributed by atoms with van der Waals surface area (Å²) >= 11 is 6.52. The van der Waals surface area contributed by atoms with E-state index in [9.17, 15) is 0 Å². The van der Waals surface area contributed by atoms with Gasteiger partial charge in [-0.25, -0.2) is 0 Å². The number of halogens is 1. The first-order valence-electron chi connectivity index (χ1n) is 8.76. The van der Waals surface area contributed by atoms with Gasteiger partial charge in [0.15, 0.2) is 0 Å². The second-order valence-corrected chi connectivity index (χ2v) is 6.72. The standard InChI is InChI=1S/C20H26ClN3/c1-2-22-15-18-8-9-20(19(21)14-18)24-12-10-23(11-13-24)16-17-6-4-3-5-7-17/h3-9,14,22H,2,10-13,15-16H2,1H3. The Morgan fingerprint density at radius 3 is 2.38 bits per heavy atom. The molecular weight excluding hydrogens is 318 g/mol. The van der Waals surface area contributed by atoms with Gasteiger partial charge in [-0.1, -0.05) is 54.9 Å². The maximum atomic E-state index is 6.52. The number of benzene rings is 2. The number of anilines is 1. The lowest BCUT2D eigenvalue weighted by molar-refractivity contribution is 0.250. The molecule has 1 N–H and O–H groups in total. The minimum absolute atomic E-state index is 0.863. The molecule has 0 aromatic heterocycles. The van der Waals surface area contributed by atoms with Crippen molar-refractivity contribution in [2.75, 3.05) is 37.6 Å². The van der Waals surface area contributed by atoms with Crippen molar-refractivity contribution in [3.8, 4) is 0 Å². The fraction of sp³-hybridized carbons (Fsp3) is 0.400. The van der Waals surface area contributed by atoms with E-state index in [2.05, 4.69) is 70.6 Å². The number of hydrogen-bond acceptors (Lipinski definition) is 3. The molecule has 0 bridgehead atoms. The largest absolute Gasteiger partial charge is 0.368 e. The quantitative estimate of drug-likeness (QED) is 0.861. The van der Waals surface area contributed by atoms with E-state index in [-0.39, 0.29) is 0 Å². The predicted molar refractivity (Wildman–Crippen MR) is 103 cm³/mol. The maximum Gasteiger partial charge on any atom is 0.0642 e. The minimum atomic E-state index is 0.863. The summed E-state index contributed by atoms with van der Waals surface area (Å²) in [5, 5.41) is 4.20. The lowest BCUT2D eigenvalue weighted by Crippen LogP contribution is -2.46. The van der Waals surface area contributed by atoms with Gasteiger partial charge in [-0.05, 0) is 29.8 Å². The molecule has 0 spiro atoms. The highest BCUT2D eigenvalue weighted by atomic mass is 35.5. The van der Waals surface area contributed by atoms with Gasteiger partial charge in [0.05, 0.1) is 10.7 Å². The van der Waals surface area contributed by atoms with E-state index in [4.69, 9.17) is 11.6 Å². The SMILES string of the molecule is CCNCc1ccc(N2CCN(Cc3ccccc3)CC2)c(Cl)c1. The van der Waals surface area contributed by atoms with Crippen LogP contribution in [0, 0.1) is 0 Å².